The molecule has 3 aromatic rings. The number of esters is 1. The molecule has 0 aliphatic carbocycles. The fraction of sp³-hybridized carbons (Fsp3) is 0.609. The number of aliphatic hydroxyl groups excluding tert-OH is 1. The molecule has 3 aromatic heterocycles. The molecule has 1 fully saturated rings. The number of H-pyrrole nitrogens is 1. The summed E-state index contributed by atoms with van der Waals surface area (Å²) in [7, 11) is 2.87. The second-order valence-electron chi connectivity index (χ2n) is 10.0. The molecule has 232 valence electrons. The standard InChI is InChI=1S/C23H35N8O9PS/c1-10(2)39-21(34)12(4)29-41(36,42-8-13-18(33)27-23(35)30(13)5)38-7-14-16(32)11(3)20(40-14)31-9-25-15-17(31)26-22(24)28-19(15)37-6/h9-12,14,16,20,32-33H,7-8H2,1-6H3,(H,27,35)(H,29,36)(H2,24,26,28). The third-order valence-electron chi connectivity index (χ3n) is 6.60. The zero-order chi connectivity index (χ0) is 30.9. The first kappa shape index (κ1) is 31.8. The number of nitrogens with zero attached hydrogens (tertiary/aromatic N) is 5. The van der Waals surface area contributed by atoms with E-state index in [9.17, 15) is 24.4 Å². The van der Waals surface area contributed by atoms with E-state index in [-0.39, 0.29) is 35.8 Å². The number of hydrogen-bond acceptors (Lipinski definition) is 14. The number of imidazole rings is 2. The Morgan fingerprint density at radius 1 is 1.36 bits per heavy atom. The first-order valence-electron chi connectivity index (χ1n) is 13.0. The summed E-state index contributed by atoms with van der Waals surface area (Å²) in [6, 6.07) is -1.03. The van der Waals surface area contributed by atoms with Gasteiger partial charge in [-0.25, -0.2) is 14.9 Å². The molecule has 6 N–H and O–H groups in total. The van der Waals surface area contributed by atoms with Crippen molar-refractivity contribution in [1.82, 2.24) is 34.2 Å². The van der Waals surface area contributed by atoms with E-state index in [2.05, 4.69) is 25.0 Å². The van der Waals surface area contributed by atoms with E-state index in [1.165, 1.54) is 32.0 Å². The number of hydrogen-bond donors (Lipinski definition) is 5. The average molecular weight is 631 g/mol. The number of methoxy groups -OCH3 is 1. The highest BCUT2D eigenvalue weighted by atomic mass is 32.7. The number of aromatic hydroxyl groups is 1. The number of ether oxygens (including phenoxy) is 3. The molecule has 1 aliphatic heterocycles. The number of nitrogens with one attached hydrogen (secondary N) is 2. The highest BCUT2D eigenvalue weighted by molar-refractivity contribution is 8.55. The molecule has 0 bridgehead atoms. The van der Waals surface area contributed by atoms with E-state index in [4.69, 9.17) is 24.5 Å². The maximum Gasteiger partial charge on any atom is 0.328 e. The number of anilines is 1. The third-order valence-corrected chi connectivity index (χ3v) is 10.6. The lowest BCUT2D eigenvalue weighted by Gasteiger charge is -2.25. The fourth-order valence-electron chi connectivity index (χ4n) is 4.34. The van der Waals surface area contributed by atoms with Crippen LogP contribution in [0, 0.1) is 5.92 Å². The van der Waals surface area contributed by atoms with Crippen LogP contribution in [0.5, 0.6) is 11.8 Å². The van der Waals surface area contributed by atoms with Crippen LogP contribution in [0.1, 0.15) is 39.6 Å². The quantitative estimate of drug-likeness (QED) is 0.139. The maximum absolute atomic E-state index is 14.0. The first-order chi connectivity index (χ1) is 19.7. The van der Waals surface area contributed by atoms with Gasteiger partial charge in [0.05, 0.1) is 37.9 Å². The van der Waals surface area contributed by atoms with Gasteiger partial charge in [0.25, 0.3) is 0 Å². The first-order valence-corrected chi connectivity index (χ1v) is 16.2. The van der Waals surface area contributed by atoms with Gasteiger partial charge in [-0.15, -0.1) is 0 Å². The fourth-order valence-corrected chi connectivity index (χ4v) is 8.09. The van der Waals surface area contributed by atoms with E-state index in [0.29, 0.717) is 11.2 Å². The SMILES string of the molecule is COc1nc(N)nc2c1ncn2C1OC(COP(=O)(NC(C)C(=O)OC(C)C)SCc2c(O)[nH]c(=O)n2C)C(O)C1C. The summed E-state index contributed by atoms with van der Waals surface area (Å²) in [4.78, 5) is 39.2. The van der Waals surface area contributed by atoms with Gasteiger partial charge in [0.1, 0.15) is 18.4 Å². The van der Waals surface area contributed by atoms with Crippen LogP contribution in [0.15, 0.2) is 11.1 Å². The van der Waals surface area contributed by atoms with Crippen molar-refractivity contribution >= 4 is 41.2 Å². The smallest absolute Gasteiger partial charge is 0.328 e. The lowest BCUT2D eigenvalue weighted by atomic mass is 10.0. The molecular weight excluding hydrogens is 595 g/mol. The molecule has 4 rings (SSSR count). The molecule has 0 radical (unpaired) electrons. The number of carbonyl (C=O) groups is 1. The van der Waals surface area contributed by atoms with Gasteiger partial charge in [-0.2, -0.15) is 9.97 Å². The number of nitrogens with two attached hydrogens (primary N) is 1. The Labute approximate surface area is 244 Å². The summed E-state index contributed by atoms with van der Waals surface area (Å²) < 4.78 is 39.2. The van der Waals surface area contributed by atoms with Crippen LogP contribution >= 0.6 is 18.1 Å². The Balaban J connectivity index is 1.53. The van der Waals surface area contributed by atoms with Gasteiger partial charge in [0.15, 0.2) is 11.2 Å². The van der Waals surface area contributed by atoms with Crippen LogP contribution in [0.2, 0.25) is 0 Å². The molecule has 0 amide bonds. The predicted octanol–water partition coefficient (Wildman–Crippen LogP) is 1.03. The molecule has 0 aromatic carbocycles. The van der Waals surface area contributed by atoms with Gasteiger partial charge >= 0.3 is 18.4 Å². The van der Waals surface area contributed by atoms with E-state index in [1.807, 2.05) is 0 Å². The zero-order valence-electron chi connectivity index (χ0n) is 23.9. The van der Waals surface area contributed by atoms with E-state index in [1.54, 1.807) is 25.3 Å². The Morgan fingerprint density at radius 2 is 2.07 bits per heavy atom. The number of carbonyl (C=O) groups excluding carboxylic acids is 1. The van der Waals surface area contributed by atoms with Crippen LogP contribution in [0.3, 0.4) is 0 Å². The van der Waals surface area contributed by atoms with Gasteiger partial charge < -0.3 is 34.7 Å². The van der Waals surface area contributed by atoms with E-state index >= 15 is 0 Å². The second kappa shape index (κ2) is 12.6. The lowest BCUT2D eigenvalue weighted by molar-refractivity contribution is -0.149. The van der Waals surface area contributed by atoms with Gasteiger partial charge in [-0.1, -0.05) is 6.92 Å². The Kier molecular flexibility index (Phi) is 9.54. The van der Waals surface area contributed by atoms with Gasteiger partial charge in [0, 0.05) is 18.7 Å². The van der Waals surface area contributed by atoms with Crippen LogP contribution in [-0.2, 0) is 36.2 Å². The number of rotatable bonds is 12. The number of nitrogen functional groups attached to an aromatic ring is 1. The molecule has 0 saturated carbocycles. The summed E-state index contributed by atoms with van der Waals surface area (Å²) in [5.41, 5.74) is 6.13. The second-order valence-corrected chi connectivity index (χ2v) is 14.3. The van der Waals surface area contributed by atoms with Crippen molar-refractivity contribution < 1.29 is 38.3 Å². The molecule has 17 nitrogen and oxygen atoms in total. The third kappa shape index (κ3) is 6.58. The highest BCUT2D eigenvalue weighted by Gasteiger charge is 2.44. The summed E-state index contributed by atoms with van der Waals surface area (Å²) in [5.74, 6) is -1.48. The number of aromatic amines is 1. The molecule has 0 spiro atoms. The zero-order valence-corrected chi connectivity index (χ0v) is 25.6. The Bertz CT molecular complexity index is 1540. The van der Waals surface area contributed by atoms with Gasteiger partial charge in [-0.05, 0) is 32.2 Å². The molecule has 19 heteroatoms. The summed E-state index contributed by atoms with van der Waals surface area (Å²) in [5, 5.41) is 23.8. The minimum Gasteiger partial charge on any atom is -0.493 e. The average Bonchev–Trinajstić information content (AvgIpc) is 3.54. The van der Waals surface area contributed by atoms with Crippen LogP contribution in [0.25, 0.3) is 11.2 Å². The summed E-state index contributed by atoms with van der Waals surface area (Å²) >= 11 is 0.752. The number of fused-ring (bicyclic) bond motifs is 1. The van der Waals surface area contributed by atoms with Crippen molar-refractivity contribution in [1.29, 1.82) is 0 Å². The molecule has 6 atom stereocenters. The Morgan fingerprint density at radius 3 is 2.69 bits per heavy atom. The van der Waals surface area contributed by atoms with Crippen molar-refractivity contribution in [3.8, 4) is 11.8 Å². The van der Waals surface area contributed by atoms with Crippen molar-refractivity contribution in [2.75, 3.05) is 19.5 Å². The predicted molar refractivity (Wildman–Crippen MR) is 152 cm³/mol. The van der Waals surface area contributed by atoms with E-state index < -0.39 is 54.9 Å². The Hall–Kier alpha value is -3.15. The molecule has 1 saturated heterocycles. The topological polar surface area (TPSA) is 231 Å². The number of aromatic nitrogens is 6. The minimum atomic E-state index is -3.94. The molecular formula is C23H35N8O9PS. The molecule has 4 heterocycles. The van der Waals surface area contributed by atoms with Crippen LogP contribution < -0.4 is 21.2 Å². The van der Waals surface area contributed by atoms with Crippen LogP contribution in [0.4, 0.5) is 5.95 Å². The van der Waals surface area contributed by atoms with E-state index in [0.717, 1.165) is 11.4 Å². The highest BCUT2D eigenvalue weighted by Crippen LogP contribution is 2.58. The maximum atomic E-state index is 14.0. The van der Waals surface area contributed by atoms with Crippen LogP contribution in [-0.4, -0.2) is 83.3 Å². The van der Waals surface area contributed by atoms with Crippen molar-refractivity contribution in [3.63, 3.8) is 0 Å². The molecule has 1 aliphatic rings. The summed E-state index contributed by atoms with van der Waals surface area (Å²) in [6.45, 7) is 2.31. The molecule has 6 unspecified atom stereocenters. The van der Waals surface area contributed by atoms with Gasteiger partial charge in [0.2, 0.25) is 17.7 Å². The van der Waals surface area contributed by atoms with Gasteiger partial charge in [-0.3, -0.25) is 23.5 Å². The number of aliphatic hydroxyl groups is 1. The summed E-state index contributed by atoms with van der Waals surface area (Å²) in [6.07, 6.45) is -1.67. The normalized spacial score (nSPS) is 22.9. The molecule has 42 heavy (non-hydrogen) atoms. The van der Waals surface area contributed by atoms with Crippen molar-refractivity contribution in [2.45, 2.75) is 64.0 Å². The lowest BCUT2D eigenvalue weighted by Crippen LogP contribution is -2.35. The monoisotopic (exact) mass is 630 g/mol. The largest absolute Gasteiger partial charge is 0.493 e. The van der Waals surface area contributed by atoms with Crippen molar-refractivity contribution in [3.05, 3.63) is 22.5 Å². The van der Waals surface area contributed by atoms with Crippen molar-refractivity contribution in [2.24, 2.45) is 13.0 Å². The minimum absolute atomic E-state index is 0.0349.